The van der Waals surface area contributed by atoms with Crippen molar-refractivity contribution in [2.45, 2.75) is 12.8 Å². The lowest BCUT2D eigenvalue weighted by molar-refractivity contribution is -0.115. The van der Waals surface area contributed by atoms with Gasteiger partial charge in [-0.3, -0.25) is 19.2 Å². The quantitative estimate of drug-likeness (QED) is 0.271. The fourth-order valence-electron chi connectivity index (χ4n) is 2.68. The van der Waals surface area contributed by atoms with Gasteiger partial charge in [0.05, 0.1) is 16.0 Å². The van der Waals surface area contributed by atoms with Gasteiger partial charge in [0.2, 0.25) is 5.91 Å². The second kappa shape index (κ2) is 10.1. The first-order chi connectivity index (χ1) is 15.2. The molecular weight excluding hydrogens is 524 g/mol. The number of carbonyl (C=O) groups excluding carboxylic acids is 3. The standard InChI is InChI=1S/C19H15BrN4O6S2/c20-10-6-9(7-13-17(28)23-19(31)32-13)3-4-12(10)30-5-1-2-14(25)24-15(26)8-11(16(21)27)22-18(24)29/h3-4,6-8H,1-2,5H2,(H2,21,27)(H,22,29)(H,23,28,31). The molecule has 1 aromatic heterocycles. The molecule has 13 heteroatoms. The van der Waals surface area contributed by atoms with Gasteiger partial charge in [-0.25, -0.2) is 4.79 Å². The number of H-pyrrole nitrogens is 1. The van der Waals surface area contributed by atoms with Crippen LogP contribution in [0.2, 0.25) is 0 Å². The molecule has 2 aromatic rings. The summed E-state index contributed by atoms with van der Waals surface area (Å²) in [6.07, 6.45) is 1.80. The minimum atomic E-state index is -1.03. The highest BCUT2D eigenvalue weighted by atomic mass is 79.9. The Morgan fingerprint density at radius 1 is 1.25 bits per heavy atom. The summed E-state index contributed by atoms with van der Waals surface area (Å²) < 4.78 is 7.09. The average Bonchev–Trinajstić information content (AvgIpc) is 3.02. The first-order valence-corrected chi connectivity index (χ1v) is 11.0. The van der Waals surface area contributed by atoms with Crippen molar-refractivity contribution >= 4 is 68.0 Å². The zero-order valence-electron chi connectivity index (χ0n) is 16.2. The first-order valence-electron chi connectivity index (χ1n) is 9.02. The largest absolute Gasteiger partial charge is 0.492 e. The predicted molar refractivity (Wildman–Crippen MR) is 126 cm³/mol. The van der Waals surface area contributed by atoms with Crippen molar-refractivity contribution in [3.63, 3.8) is 0 Å². The van der Waals surface area contributed by atoms with Crippen LogP contribution in [0.4, 0.5) is 0 Å². The number of primary amides is 1. The summed E-state index contributed by atoms with van der Waals surface area (Å²) in [7, 11) is 0. The van der Waals surface area contributed by atoms with E-state index in [1.807, 2.05) is 0 Å². The topological polar surface area (TPSA) is 153 Å². The van der Waals surface area contributed by atoms with Crippen molar-refractivity contribution in [3.8, 4) is 5.75 Å². The third kappa shape index (κ3) is 5.60. The van der Waals surface area contributed by atoms with E-state index >= 15 is 0 Å². The van der Waals surface area contributed by atoms with Gasteiger partial charge in [-0.05, 0) is 46.1 Å². The van der Waals surface area contributed by atoms with Gasteiger partial charge in [-0.15, -0.1) is 0 Å². The number of thiocarbonyl (C=S) groups is 1. The number of hydrogen-bond donors (Lipinski definition) is 3. The Morgan fingerprint density at radius 2 is 2.00 bits per heavy atom. The summed E-state index contributed by atoms with van der Waals surface area (Å²) in [4.78, 5) is 61.5. The van der Waals surface area contributed by atoms with Gasteiger partial charge in [0.1, 0.15) is 15.8 Å². The van der Waals surface area contributed by atoms with Crippen LogP contribution in [-0.2, 0) is 4.79 Å². The van der Waals surface area contributed by atoms with Crippen LogP contribution in [-0.4, -0.2) is 38.2 Å². The number of nitrogens with one attached hydrogen (secondary N) is 2. The molecule has 1 aliphatic rings. The summed E-state index contributed by atoms with van der Waals surface area (Å²) in [5.74, 6) is -1.45. The maximum absolute atomic E-state index is 12.2. The Morgan fingerprint density at radius 3 is 2.59 bits per heavy atom. The van der Waals surface area contributed by atoms with Crippen molar-refractivity contribution in [1.29, 1.82) is 0 Å². The summed E-state index contributed by atoms with van der Waals surface area (Å²) in [6.45, 7) is 0.142. The smallest absolute Gasteiger partial charge is 0.335 e. The van der Waals surface area contributed by atoms with E-state index < -0.39 is 23.1 Å². The molecule has 0 aliphatic carbocycles. The van der Waals surface area contributed by atoms with Crippen LogP contribution in [0.25, 0.3) is 6.08 Å². The fraction of sp³-hybridized carbons (Fsp3) is 0.158. The van der Waals surface area contributed by atoms with Gasteiger partial charge in [0.25, 0.3) is 17.4 Å². The Kier molecular flexibility index (Phi) is 7.43. The molecule has 0 bridgehead atoms. The van der Waals surface area contributed by atoms with E-state index in [9.17, 15) is 24.0 Å². The van der Waals surface area contributed by atoms with E-state index in [-0.39, 0.29) is 31.0 Å². The summed E-state index contributed by atoms with van der Waals surface area (Å²) in [6, 6.07) is 6.02. The first kappa shape index (κ1) is 23.6. The highest BCUT2D eigenvalue weighted by Crippen LogP contribution is 2.30. The number of amides is 2. The Labute approximate surface area is 198 Å². The lowest BCUT2D eigenvalue weighted by Crippen LogP contribution is -2.41. The van der Waals surface area contributed by atoms with E-state index in [0.29, 0.717) is 24.0 Å². The summed E-state index contributed by atoms with van der Waals surface area (Å²) >= 11 is 9.53. The number of aromatic amines is 1. The molecule has 10 nitrogen and oxygen atoms in total. The summed E-state index contributed by atoms with van der Waals surface area (Å²) in [5.41, 5.74) is 3.45. The number of halogens is 1. The predicted octanol–water partition coefficient (Wildman–Crippen LogP) is 1.39. The molecule has 0 saturated carbocycles. The minimum Gasteiger partial charge on any atom is -0.492 e. The second-order valence-corrected chi connectivity index (χ2v) is 8.99. The van der Waals surface area contributed by atoms with E-state index in [2.05, 4.69) is 26.2 Å². The van der Waals surface area contributed by atoms with Crippen molar-refractivity contribution in [1.82, 2.24) is 14.9 Å². The van der Waals surface area contributed by atoms with Gasteiger partial charge in [0, 0.05) is 12.5 Å². The molecule has 1 aromatic carbocycles. The number of ether oxygens (including phenoxy) is 1. The van der Waals surface area contributed by atoms with Gasteiger partial charge >= 0.3 is 5.69 Å². The lowest BCUT2D eigenvalue weighted by Gasteiger charge is -2.09. The Balaban J connectivity index is 1.58. The van der Waals surface area contributed by atoms with E-state index in [1.165, 1.54) is 11.8 Å². The highest BCUT2D eigenvalue weighted by molar-refractivity contribution is 9.10. The number of thioether (sulfide) groups is 1. The van der Waals surface area contributed by atoms with Crippen LogP contribution in [0.1, 0.15) is 33.7 Å². The van der Waals surface area contributed by atoms with E-state index in [0.717, 1.165) is 11.6 Å². The number of aromatic nitrogens is 2. The van der Waals surface area contributed by atoms with Crippen LogP contribution in [0.3, 0.4) is 0 Å². The van der Waals surface area contributed by atoms with Gasteiger partial charge in [-0.2, -0.15) is 4.57 Å². The second-order valence-electron chi connectivity index (χ2n) is 6.41. The van der Waals surface area contributed by atoms with Crippen LogP contribution in [0.15, 0.2) is 43.2 Å². The number of carbonyl (C=O) groups is 3. The zero-order valence-corrected chi connectivity index (χ0v) is 19.4. The average molecular weight is 539 g/mol. The lowest BCUT2D eigenvalue weighted by atomic mass is 10.2. The number of hydrogen-bond acceptors (Lipinski definition) is 8. The molecule has 2 amide bonds. The van der Waals surface area contributed by atoms with Crippen LogP contribution >= 0.6 is 39.9 Å². The number of nitrogens with zero attached hydrogens (tertiary/aromatic N) is 1. The monoisotopic (exact) mass is 538 g/mol. The van der Waals surface area contributed by atoms with Crippen molar-refractivity contribution in [3.05, 3.63) is 65.7 Å². The van der Waals surface area contributed by atoms with Crippen LogP contribution in [0, 0.1) is 0 Å². The third-order valence-corrected chi connectivity index (χ3v) is 5.92. The molecule has 0 atom stereocenters. The molecule has 1 aliphatic heterocycles. The number of benzene rings is 1. The maximum atomic E-state index is 12.2. The molecule has 0 unspecified atom stereocenters. The molecule has 0 spiro atoms. The van der Waals surface area contributed by atoms with Gasteiger partial charge in [-0.1, -0.05) is 30.0 Å². The number of nitrogens with two attached hydrogens (primary N) is 1. The Bertz CT molecular complexity index is 1250. The zero-order chi connectivity index (χ0) is 23.4. The molecule has 1 saturated heterocycles. The van der Waals surface area contributed by atoms with E-state index in [1.54, 1.807) is 24.3 Å². The molecular formula is C19H15BrN4O6S2. The molecule has 4 N–H and O–H groups in total. The van der Waals surface area contributed by atoms with Crippen LogP contribution in [0.5, 0.6) is 5.75 Å². The van der Waals surface area contributed by atoms with Crippen LogP contribution < -0.4 is 27.0 Å². The highest BCUT2D eigenvalue weighted by Gasteiger charge is 2.22. The fourth-order valence-corrected chi connectivity index (χ4v) is 4.23. The SMILES string of the molecule is NC(=O)c1cc(=O)n(C(=O)CCCOc2ccc(C=C3SC(=S)NC3=O)cc2Br)c(=O)[nH]1. The molecule has 0 radical (unpaired) electrons. The van der Waals surface area contributed by atoms with E-state index in [4.69, 9.17) is 22.7 Å². The molecule has 1 fully saturated rings. The maximum Gasteiger partial charge on any atom is 0.335 e. The third-order valence-electron chi connectivity index (χ3n) is 4.14. The van der Waals surface area contributed by atoms with Gasteiger partial charge < -0.3 is 20.8 Å². The van der Waals surface area contributed by atoms with Gasteiger partial charge in [0.15, 0.2) is 0 Å². The number of rotatable bonds is 7. The molecule has 3 rings (SSSR count). The van der Waals surface area contributed by atoms with Crippen molar-refractivity contribution in [2.24, 2.45) is 5.73 Å². The summed E-state index contributed by atoms with van der Waals surface area (Å²) in [5, 5.41) is 2.54. The molecule has 32 heavy (non-hydrogen) atoms. The van der Waals surface area contributed by atoms with Crippen molar-refractivity contribution < 1.29 is 19.1 Å². The minimum absolute atomic E-state index is 0.132. The Hall–Kier alpha value is -3.03. The molecule has 166 valence electrons. The normalized spacial score (nSPS) is 14.5. The van der Waals surface area contributed by atoms with Crippen molar-refractivity contribution in [2.75, 3.05) is 6.61 Å². The molecule has 2 heterocycles.